The number of fused-ring (bicyclic) bond motifs is 3. The molecule has 1 atom stereocenters. The zero-order chi connectivity index (χ0) is 18.9. The predicted octanol–water partition coefficient (Wildman–Crippen LogP) is 7.26. The molecule has 134 valence electrons. The molecule has 1 aliphatic rings. The average Bonchev–Trinajstić information content (AvgIpc) is 3.16. The van der Waals surface area contributed by atoms with Crippen molar-refractivity contribution in [3.63, 3.8) is 0 Å². The molecule has 0 amide bonds. The Bertz CT molecular complexity index is 929. The number of carbonyl (C=O) groups is 1. The van der Waals surface area contributed by atoms with Crippen LogP contribution in [0.2, 0.25) is 0 Å². The van der Waals surface area contributed by atoms with Crippen molar-refractivity contribution < 1.29 is 4.79 Å². The second-order valence-corrected chi connectivity index (χ2v) is 9.51. The van der Waals surface area contributed by atoms with E-state index in [4.69, 9.17) is 0 Å². The lowest BCUT2D eigenvalue weighted by atomic mass is 9.87. The van der Waals surface area contributed by atoms with Crippen LogP contribution in [0.3, 0.4) is 0 Å². The second kappa shape index (κ2) is 7.25. The Labute approximate surface area is 158 Å². The SMILES string of the molecule is CCC(C)=O.Cc1ccc(-p2ccc3c2C(C)(C)c2ccccc2-3)cc1. The molecule has 1 heterocycles. The minimum absolute atomic E-state index is 0.145. The van der Waals surface area contributed by atoms with Crippen molar-refractivity contribution in [3.05, 3.63) is 76.8 Å². The summed E-state index contributed by atoms with van der Waals surface area (Å²) >= 11 is 0. The van der Waals surface area contributed by atoms with Crippen molar-refractivity contribution in [1.82, 2.24) is 0 Å². The van der Waals surface area contributed by atoms with Gasteiger partial charge in [-0.3, -0.25) is 0 Å². The maximum Gasteiger partial charge on any atom is 0.129 e. The van der Waals surface area contributed by atoms with E-state index in [2.05, 4.69) is 81.2 Å². The van der Waals surface area contributed by atoms with Gasteiger partial charge >= 0.3 is 0 Å². The molecule has 0 aliphatic heterocycles. The van der Waals surface area contributed by atoms with E-state index in [-0.39, 0.29) is 18.7 Å². The van der Waals surface area contributed by atoms with Gasteiger partial charge in [-0.25, -0.2) is 0 Å². The van der Waals surface area contributed by atoms with Crippen molar-refractivity contribution in [3.8, 4) is 16.4 Å². The Hall–Kier alpha value is -2.11. The highest BCUT2D eigenvalue weighted by atomic mass is 31.1. The van der Waals surface area contributed by atoms with Crippen LogP contribution in [0.5, 0.6) is 0 Å². The first kappa shape index (κ1) is 18.7. The summed E-state index contributed by atoms with van der Waals surface area (Å²) in [5.41, 5.74) is 5.87. The standard InChI is InChI=1S/C20H19P.C4H8O/c1-14-8-10-15(11-9-14)21-13-12-17-16-6-4-5-7-18(16)20(2,3)19(17)21;1-3-4(2)5/h4-13H,1-3H3;3H2,1-2H3. The number of carbonyl (C=O) groups excluding carboxylic acids is 1. The predicted molar refractivity (Wildman–Crippen MR) is 114 cm³/mol. The fourth-order valence-electron chi connectivity index (χ4n) is 3.60. The maximum atomic E-state index is 9.81. The number of aryl methyl sites for hydroxylation is 1. The fraction of sp³-hybridized carbons (Fsp3) is 0.292. The summed E-state index contributed by atoms with van der Waals surface area (Å²) in [6.45, 7) is 10.3. The van der Waals surface area contributed by atoms with E-state index in [0.29, 0.717) is 6.42 Å². The summed E-state index contributed by atoms with van der Waals surface area (Å²) in [6, 6.07) is 20.3. The van der Waals surface area contributed by atoms with Gasteiger partial charge in [0.15, 0.2) is 0 Å². The lowest BCUT2D eigenvalue weighted by Gasteiger charge is -2.23. The normalized spacial score (nSPS) is 14.1. The molecule has 0 N–H and O–H groups in total. The van der Waals surface area contributed by atoms with E-state index < -0.39 is 0 Å². The minimum Gasteiger partial charge on any atom is -0.300 e. The summed E-state index contributed by atoms with van der Waals surface area (Å²) in [5, 5.41) is 3.10. The third-order valence-corrected chi connectivity index (χ3v) is 7.76. The van der Waals surface area contributed by atoms with Crippen molar-refractivity contribution >= 4 is 13.3 Å². The van der Waals surface area contributed by atoms with E-state index in [1.807, 2.05) is 6.92 Å². The van der Waals surface area contributed by atoms with Crippen LogP contribution in [0, 0.1) is 6.92 Å². The van der Waals surface area contributed by atoms with Gasteiger partial charge in [0, 0.05) is 11.8 Å². The van der Waals surface area contributed by atoms with Crippen LogP contribution in [0.1, 0.15) is 50.5 Å². The molecule has 1 aromatic heterocycles. The monoisotopic (exact) mass is 362 g/mol. The van der Waals surface area contributed by atoms with Gasteiger partial charge in [-0.1, -0.05) is 82.4 Å². The van der Waals surface area contributed by atoms with E-state index in [1.165, 1.54) is 27.6 Å². The topological polar surface area (TPSA) is 17.1 Å². The second-order valence-electron chi connectivity index (χ2n) is 7.51. The molecule has 4 rings (SSSR count). The summed E-state index contributed by atoms with van der Waals surface area (Å²) < 4.78 is 0. The van der Waals surface area contributed by atoms with Gasteiger partial charge in [0.25, 0.3) is 0 Å². The van der Waals surface area contributed by atoms with Gasteiger partial charge < -0.3 is 4.79 Å². The van der Waals surface area contributed by atoms with E-state index in [9.17, 15) is 4.79 Å². The first-order valence-corrected chi connectivity index (χ1v) is 10.7. The molecule has 1 nitrogen and oxygen atoms in total. The van der Waals surface area contributed by atoms with Gasteiger partial charge in [0.1, 0.15) is 5.78 Å². The minimum atomic E-state index is -0.328. The lowest BCUT2D eigenvalue weighted by Crippen LogP contribution is -2.13. The van der Waals surface area contributed by atoms with Crippen molar-refractivity contribution in [2.45, 2.75) is 46.5 Å². The first-order chi connectivity index (χ1) is 12.4. The molecule has 3 aromatic rings. The van der Waals surface area contributed by atoms with Crippen LogP contribution in [0.25, 0.3) is 16.4 Å². The molecule has 0 radical (unpaired) electrons. The summed E-state index contributed by atoms with van der Waals surface area (Å²) in [4.78, 5) is 9.81. The highest BCUT2D eigenvalue weighted by molar-refractivity contribution is 7.57. The Morgan fingerprint density at radius 1 is 0.962 bits per heavy atom. The van der Waals surface area contributed by atoms with E-state index in [1.54, 1.807) is 12.2 Å². The molecule has 1 aliphatic carbocycles. The molecule has 0 saturated carbocycles. The number of hydrogen-bond acceptors (Lipinski definition) is 1. The van der Waals surface area contributed by atoms with Crippen LogP contribution in [0.4, 0.5) is 0 Å². The molecular weight excluding hydrogens is 335 g/mol. The van der Waals surface area contributed by atoms with Crippen LogP contribution >= 0.6 is 7.53 Å². The van der Waals surface area contributed by atoms with Gasteiger partial charge in [0.2, 0.25) is 0 Å². The number of Topliss-reactive ketones (excluding diaryl/α,β-unsaturated/α-hetero) is 1. The molecule has 0 bridgehead atoms. The quantitative estimate of drug-likeness (QED) is 0.469. The first-order valence-electron chi connectivity index (χ1n) is 9.24. The van der Waals surface area contributed by atoms with Gasteiger partial charge in [-0.2, -0.15) is 0 Å². The van der Waals surface area contributed by atoms with E-state index in [0.717, 1.165) is 0 Å². The van der Waals surface area contributed by atoms with Crippen molar-refractivity contribution in [2.75, 3.05) is 0 Å². The smallest absolute Gasteiger partial charge is 0.129 e. The molecule has 2 aromatic carbocycles. The van der Waals surface area contributed by atoms with Crippen LogP contribution in [0.15, 0.2) is 60.4 Å². The van der Waals surface area contributed by atoms with Crippen molar-refractivity contribution in [2.24, 2.45) is 0 Å². The Morgan fingerprint density at radius 3 is 2.19 bits per heavy atom. The van der Waals surface area contributed by atoms with Gasteiger partial charge in [-0.15, -0.1) is 0 Å². The van der Waals surface area contributed by atoms with Crippen LogP contribution < -0.4 is 0 Å². The average molecular weight is 362 g/mol. The summed E-state index contributed by atoms with van der Waals surface area (Å²) in [5.74, 6) is 2.69. The van der Waals surface area contributed by atoms with Gasteiger partial charge in [0.05, 0.1) is 0 Å². The Kier molecular flexibility index (Phi) is 5.21. The molecule has 0 saturated heterocycles. The molecule has 0 fully saturated rings. The maximum absolute atomic E-state index is 9.81. The van der Waals surface area contributed by atoms with Crippen LogP contribution in [-0.2, 0) is 10.2 Å². The van der Waals surface area contributed by atoms with E-state index >= 15 is 0 Å². The van der Waals surface area contributed by atoms with Gasteiger partial charge in [-0.05, 0) is 53.0 Å². The number of ketones is 1. The number of rotatable bonds is 2. The Morgan fingerprint density at radius 2 is 1.58 bits per heavy atom. The number of hydrogen-bond donors (Lipinski definition) is 0. The third-order valence-electron chi connectivity index (χ3n) is 5.18. The molecule has 1 unspecified atom stereocenters. The zero-order valence-corrected chi connectivity index (χ0v) is 17.2. The number of benzene rings is 2. The molecule has 0 spiro atoms. The molecule has 2 heteroatoms. The third kappa shape index (κ3) is 3.29. The highest BCUT2D eigenvalue weighted by Crippen LogP contribution is 2.60. The Balaban J connectivity index is 0.000000349. The van der Waals surface area contributed by atoms with Crippen LogP contribution in [-0.4, -0.2) is 5.78 Å². The van der Waals surface area contributed by atoms with Crippen molar-refractivity contribution in [1.29, 1.82) is 0 Å². The molecule has 26 heavy (non-hydrogen) atoms. The largest absolute Gasteiger partial charge is 0.300 e. The summed E-state index contributed by atoms with van der Waals surface area (Å²) in [6.07, 6.45) is 0.667. The highest BCUT2D eigenvalue weighted by Gasteiger charge is 2.37. The summed E-state index contributed by atoms with van der Waals surface area (Å²) in [7, 11) is -0.328. The lowest BCUT2D eigenvalue weighted by molar-refractivity contribution is -0.116. The zero-order valence-electron chi connectivity index (χ0n) is 16.3. The fourth-order valence-corrected chi connectivity index (χ4v) is 6.12. The molecular formula is C24H27OP.